The molecule has 4 rings (SSSR count). The van der Waals surface area contributed by atoms with Crippen LogP contribution in [0.2, 0.25) is 5.02 Å². The molecule has 0 radical (unpaired) electrons. The highest BCUT2D eigenvalue weighted by Crippen LogP contribution is 2.31. The number of carbonyl (C=O) groups excluding carboxylic acids is 2. The van der Waals surface area contributed by atoms with Gasteiger partial charge in [0.1, 0.15) is 6.04 Å². The minimum Gasteiger partial charge on any atom is -0.376 e. The molecule has 2 aromatic heterocycles. The zero-order chi connectivity index (χ0) is 24.2. The van der Waals surface area contributed by atoms with Crippen LogP contribution in [0.4, 0.5) is 5.69 Å². The summed E-state index contributed by atoms with van der Waals surface area (Å²) in [6, 6.07) is 5.42. The first-order valence-corrected chi connectivity index (χ1v) is 13.6. The highest BCUT2D eigenvalue weighted by atomic mass is 35.5. The van der Waals surface area contributed by atoms with Gasteiger partial charge < -0.3 is 16.0 Å². The van der Waals surface area contributed by atoms with Crippen molar-refractivity contribution in [3.63, 3.8) is 0 Å². The molecule has 2 aliphatic rings. The van der Waals surface area contributed by atoms with Gasteiger partial charge in [-0.1, -0.05) is 44.2 Å². The molecule has 184 valence electrons. The van der Waals surface area contributed by atoms with Gasteiger partial charge in [0.15, 0.2) is 0 Å². The molecule has 0 bridgehead atoms. The Morgan fingerprint density at radius 2 is 1.97 bits per heavy atom. The maximum atomic E-state index is 13.1. The van der Waals surface area contributed by atoms with Crippen molar-refractivity contribution >= 4 is 40.4 Å². The monoisotopic (exact) mass is 502 g/mol. The third kappa shape index (κ3) is 6.30. The fraction of sp³-hybridized carbons (Fsp3) is 0.577. The quantitative estimate of drug-likeness (QED) is 0.400. The van der Waals surface area contributed by atoms with E-state index in [1.165, 1.54) is 24.2 Å². The van der Waals surface area contributed by atoms with E-state index in [-0.39, 0.29) is 23.9 Å². The van der Waals surface area contributed by atoms with E-state index in [0.29, 0.717) is 21.7 Å². The molecule has 0 aliphatic heterocycles. The number of aryl methyl sites for hydroxylation is 1. The molecule has 2 aliphatic carbocycles. The Kier molecular flexibility index (Phi) is 8.14. The Balaban J connectivity index is 1.39. The van der Waals surface area contributed by atoms with Gasteiger partial charge >= 0.3 is 0 Å². The van der Waals surface area contributed by atoms with Crippen molar-refractivity contribution in [3.05, 3.63) is 44.9 Å². The summed E-state index contributed by atoms with van der Waals surface area (Å²) in [5.41, 5.74) is 1.74. The van der Waals surface area contributed by atoms with Gasteiger partial charge in [-0.05, 0) is 63.1 Å². The average molecular weight is 503 g/mol. The second kappa shape index (κ2) is 11.1. The summed E-state index contributed by atoms with van der Waals surface area (Å²) in [6.45, 7) is 6.18. The van der Waals surface area contributed by atoms with Crippen molar-refractivity contribution in [3.8, 4) is 0 Å². The molecule has 0 spiro atoms. The van der Waals surface area contributed by atoms with E-state index < -0.39 is 6.04 Å². The predicted molar refractivity (Wildman–Crippen MR) is 138 cm³/mol. The van der Waals surface area contributed by atoms with Gasteiger partial charge in [0.25, 0.3) is 5.91 Å². The lowest BCUT2D eigenvalue weighted by Gasteiger charge is -2.34. The lowest BCUT2D eigenvalue weighted by molar-refractivity contribution is -0.124. The van der Waals surface area contributed by atoms with Crippen molar-refractivity contribution in [2.24, 2.45) is 11.8 Å². The van der Waals surface area contributed by atoms with Crippen LogP contribution in [-0.4, -0.2) is 28.9 Å². The van der Waals surface area contributed by atoms with Crippen LogP contribution in [0.1, 0.15) is 85.1 Å². The topological polar surface area (TPSA) is 83.1 Å². The van der Waals surface area contributed by atoms with Crippen LogP contribution in [0.25, 0.3) is 0 Å². The number of carbonyl (C=O) groups is 2. The Bertz CT molecular complexity index is 1010. The molecule has 2 saturated carbocycles. The molecule has 8 heteroatoms. The number of amides is 2. The first kappa shape index (κ1) is 25.0. The molecule has 6 nitrogen and oxygen atoms in total. The SMILES string of the molecule is Cc1ncc(Cl)cc1N[C@@H](C)c1ccc(C(=O)N[C@@H](CC2CCCC2)C(=O)N[C@H]2C[C@@H](C)C2)s1. The molecule has 2 heterocycles. The molecule has 34 heavy (non-hydrogen) atoms. The first-order valence-electron chi connectivity index (χ1n) is 12.4. The number of halogens is 1. The number of anilines is 1. The maximum Gasteiger partial charge on any atom is 0.262 e. The smallest absolute Gasteiger partial charge is 0.262 e. The summed E-state index contributed by atoms with van der Waals surface area (Å²) < 4.78 is 0. The third-order valence-corrected chi connectivity index (χ3v) is 8.56. The number of aromatic nitrogens is 1. The molecule has 0 unspecified atom stereocenters. The summed E-state index contributed by atoms with van der Waals surface area (Å²) in [6.07, 6.45) is 9.12. The van der Waals surface area contributed by atoms with Gasteiger partial charge in [0.2, 0.25) is 5.91 Å². The second-order valence-electron chi connectivity index (χ2n) is 10.0. The summed E-state index contributed by atoms with van der Waals surface area (Å²) in [5.74, 6) is 0.964. The van der Waals surface area contributed by atoms with Crippen LogP contribution in [0.5, 0.6) is 0 Å². The molecular weight excluding hydrogens is 468 g/mol. The lowest BCUT2D eigenvalue weighted by atomic mass is 9.81. The van der Waals surface area contributed by atoms with Gasteiger partial charge in [0.05, 0.1) is 27.3 Å². The largest absolute Gasteiger partial charge is 0.376 e. The number of hydrogen-bond donors (Lipinski definition) is 3. The molecule has 0 aromatic carbocycles. The maximum absolute atomic E-state index is 13.1. The Labute approximate surface area is 211 Å². The van der Waals surface area contributed by atoms with Crippen molar-refractivity contribution in [1.82, 2.24) is 15.6 Å². The zero-order valence-electron chi connectivity index (χ0n) is 20.2. The zero-order valence-corrected chi connectivity index (χ0v) is 21.8. The highest BCUT2D eigenvalue weighted by molar-refractivity contribution is 7.14. The standard InChI is InChI=1S/C26H35ClN4O2S/c1-15-10-20(11-15)30-25(32)22(12-18-6-4-5-7-18)31-26(33)24-9-8-23(34-24)17(3)29-21-13-19(27)14-28-16(21)2/h8-9,13-15,17-18,20,22,29H,4-7,10-12H2,1-3H3,(H,30,32)(H,31,33)/t15-,17-,20+,22-/m0/s1. The van der Waals surface area contributed by atoms with E-state index >= 15 is 0 Å². The van der Waals surface area contributed by atoms with E-state index in [4.69, 9.17) is 11.6 Å². The molecule has 2 amide bonds. The number of pyridine rings is 1. The van der Waals surface area contributed by atoms with Crippen LogP contribution >= 0.6 is 22.9 Å². The fourth-order valence-electron chi connectivity index (χ4n) is 5.03. The minimum absolute atomic E-state index is 0.0105. The number of hydrogen-bond acceptors (Lipinski definition) is 5. The van der Waals surface area contributed by atoms with E-state index in [1.807, 2.05) is 32.0 Å². The van der Waals surface area contributed by atoms with Crippen LogP contribution in [0, 0.1) is 18.8 Å². The van der Waals surface area contributed by atoms with E-state index in [2.05, 4.69) is 27.9 Å². The number of rotatable bonds is 9. The predicted octanol–water partition coefficient (Wildman–Crippen LogP) is 5.87. The second-order valence-corrected chi connectivity index (χ2v) is 11.6. The van der Waals surface area contributed by atoms with Crippen molar-refractivity contribution < 1.29 is 9.59 Å². The van der Waals surface area contributed by atoms with Gasteiger partial charge in [-0.2, -0.15) is 0 Å². The van der Waals surface area contributed by atoms with Gasteiger partial charge in [0, 0.05) is 17.1 Å². The number of nitrogens with one attached hydrogen (secondary N) is 3. The molecular formula is C26H35ClN4O2S. The van der Waals surface area contributed by atoms with Gasteiger partial charge in [-0.15, -0.1) is 11.3 Å². The van der Waals surface area contributed by atoms with Crippen LogP contribution in [0.3, 0.4) is 0 Å². The summed E-state index contributed by atoms with van der Waals surface area (Å²) in [7, 11) is 0. The molecule has 0 saturated heterocycles. The molecule has 3 N–H and O–H groups in total. The normalized spacial score (nSPS) is 22.0. The van der Waals surface area contributed by atoms with Crippen LogP contribution in [-0.2, 0) is 4.79 Å². The summed E-state index contributed by atoms with van der Waals surface area (Å²) in [4.78, 5) is 32.1. The van der Waals surface area contributed by atoms with E-state index in [9.17, 15) is 9.59 Å². The summed E-state index contributed by atoms with van der Waals surface area (Å²) >= 11 is 7.54. The van der Waals surface area contributed by atoms with Crippen LogP contribution in [0.15, 0.2) is 24.4 Å². The van der Waals surface area contributed by atoms with E-state index in [0.717, 1.165) is 48.4 Å². The van der Waals surface area contributed by atoms with Crippen LogP contribution < -0.4 is 16.0 Å². The highest BCUT2D eigenvalue weighted by Gasteiger charge is 2.32. The lowest BCUT2D eigenvalue weighted by Crippen LogP contribution is -2.53. The van der Waals surface area contributed by atoms with Gasteiger partial charge in [-0.25, -0.2) is 0 Å². The minimum atomic E-state index is -0.479. The summed E-state index contributed by atoms with van der Waals surface area (Å²) in [5, 5.41) is 10.2. The van der Waals surface area contributed by atoms with Crippen molar-refractivity contribution in [2.45, 2.75) is 83.8 Å². The number of nitrogens with zero attached hydrogens (tertiary/aromatic N) is 1. The molecule has 2 aromatic rings. The molecule has 2 atom stereocenters. The Morgan fingerprint density at radius 1 is 1.24 bits per heavy atom. The Morgan fingerprint density at radius 3 is 2.68 bits per heavy atom. The Hall–Kier alpha value is -2.12. The van der Waals surface area contributed by atoms with Crippen molar-refractivity contribution in [2.75, 3.05) is 5.32 Å². The van der Waals surface area contributed by atoms with Gasteiger partial charge in [-0.3, -0.25) is 14.6 Å². The third-order valence-electron chi connectivity index (χ3n) is 7.09. The average Bonchev–Trinajstić information content (AvgIpc) is 3.47. The fourth-order valence-corrected chi connectivity index (χ4v) is 6.10. The molecule has 2 fully saturated rings. The van der Waals surface area contributed by atoms with Crippen molar-refractivity contribution in [1.29, 1.82) is 0 Å². The van der Waals surface area contributed by atoms with E-state index in [1.54, 1.807) is 6.20 Å². The number of thiophene rings is 1. The first-order chi connectivity index (χ1) is 16.3.